The third-order valence-electron chi connectivity index (χ3n) is 1.92. The minimum Gasteiger partial charge on any atom is -0.435 e. The Bertz CT molecular complexity index is 129. The number of hydrogen-bond acceptors (Lipinski definition) is 3. The van der Waals surface area contributed by atoms with Crippen molar-refractivity contribution in [2.75, 3.05) is 13.2 Å². The van der Waals surface area contributed by atoms with Crippen molar-refractivity contribution in [3.05, 3.63) is 0 Å². The molecule has 0 aromatic rings. The second kappa shape index (κ2) is 4.21. The fraction of sp³-hybridized carbons (Fsp3) is 0.875. The topological polar surface area (TPSA) is 35.5 Å². The lowest BCUT2D eigenvalue weighted by molar-refractivity contribution is 0.0369. The van der Waals surface area contributed by atoms with Gasteiger partial charge in [-0.25, -0.2) is 4.79 Å². The Morgan fingerprint density at radius 1 is 1.45 bits per heavy atom. The first-order chi connectivity index (χ1) is 5.33. The molecule has 1 aliphatic carbocycles. The number of carbonyl (C=O) groups is 1. The lowest BCUT2D eigenvalue weighted by atomic mass is 9.86. The highest BCUT2D eigenvalue weighted by molar-refractivity contribution is 5.59. The first-order valence-electron chi connectivity index (χ1n) is 4.12. The van der Waals surface area contributed by atoms with E-state index in [4.69, 9.17) is 4.74 Å². The largest absolute Gasteiger partial charge is 0.508 e. The van der Waals surface area contributed by atoms with Gasteiger partial charge in [-0.2, -0.15) is 0 Å². The molecule has 1 fully saturated rings. The van der Waals surface area contributed by atoms with Gasteiger partial charge in [-0.3, -0.25) is 0 Å². The van der Waals surface area contributed by atoms with Gasteiger partial charge in [-0.05, 0) is 25.7 Å². The SMILES string of the molecule is CCOC(=O)OCC1CCC1. The monoisotopic (exact) mass is 158 g/mol. The lowest BCUT2D eigenvalue weighted by Gasteiger charge is -2.24. The molecule has 0 radical (unpaired) electrons. The first-order valence-corrected chi connectivity index (χ1v) is 4.12. The van der Waals surface area contributed by atoms with Crippen molar-refractivity contribution >= 4 is 6.16 Å². The van der Waals surface area contributed by atoms with Crippen LogP contribution in [0.1, 0.15) is 26.2 Å². The van der Waals surface area contributed by atoms with Crippen molar-refractivity contribution in [1.82, 2.24) is 0 Å². The zero-order valence-corrected chi connectivity index (χ0v) is 6.84. The molecule has 64 valence electrons. The van der Waals surface area contributed by atoms with Crippen LogP contribution in [0.5, 0.6) is 0 Å². The van der Waals surface area contributed by atoms with Gasteiger partial charge >= 0.3 is 6.16 Å². The highest BCUT2D eigenvalue weighted by Crippen LogP contribution is 2.26. The molecule has 1 aliphatic rings. The van der Waals surface area contributed by atoms with E-state index < -0.39 is 6.16 Å². The van der Waals surface area contributed by atoms with Crippen LogP contribution in [0.3, 0.4) is 0 Å². The van der Waals surface area contributed by atoms with Gasteiger partial charge in [0.2, 0.25) is 0 Å². The Kier molecular flexibility index (Phi) is 3.20. The molecular formula is C8H14O3. The molecule has 1 rings (SSSR count). The molecule has 0 unspecified atom stereocenters. The molecule has 0 spiro atoms. The van der Waals surface area contributed by atoms with Crippen molar-refractivity contribution in [1.29, 1.82) is 0 Å². The molecule has 0 amide bonds. The fourth-order valence-electron chi connectivity index (χ4n) is 1.00. The summed E-state index contributed by atoms with van der Waals surface area (Å²) in [5.41, 5.74) is 0. The predicted octanol–water partition coefficient (Wildman–Crippen LogP) is 1.96. The highest BCUT2D eigenvalue weighted by Gasteiger charge is 2.19. The van der Waals surface area contributed by atoms with E-state index in [1.807, 2.05) is 0 Å². The zero-order chi connectivity index (χ0) is 8.10. The average molecular weight is 158 g/mol. The maximum atomic E-state index is 10.6. The molecule has 0 bridgehead atoms. The number of hydrogen-bond donors (Lipinski definition) is 0. The van der Waals surface area contributed by atoms with Gasteiger partial charge in [-0.15, -0.1) is 0 Å². The summed E-state index contributed by atoms with van der Waals surface area (Å²) in [5, 5.41) is 0. The molecule has 3 heteroatoms. The minimum atomic E-state index is -0.528. The molecule has 0 aromatic heterocycles. The highest BCUT2D eigenvalue weighted by atomic mass is 16.7. The van der Waals surface area contributed by atoms with Crippen LogP contribution in [-0.4, -0.2) is 19.4 Å². The quantitative estimate of drug-likeness (QED) is 0.589. The molecular weight excluding hydrogens is 144 g/mol. The minimum absolute atomic E-state index is 0.392. The Hall–Kier alpha value is -0.730. The van der Waals surface area contributed by atoms with E-state index in [1.54, 1.807) is 6.92 Å². The van der Waals surface area contributed by atoms with Crippen LogP contribution < -0.4 is 0 Å². The summed E-state index contributed by atoms with van der Waals surface area (Å²) >= 11 is 0. The van der Waals surface area contributed by atoms with E-state index in [-0.39, 0.29) is 0 Å². The first kappa shape index (κ1) is 8.37. The molecule has 0 saturated heterocycles. The summed E-state index contributed by atoms with van der Waals surface area (Å²) in [7, 11) is 0. The van der Waals surface area contributed by atoms with Gasteiger partial charge in [-0.1, -0.05) is 6.42 Å². The van der Waals surface area contributed by atoms with E-state index in [0.717, 1.165) is 0 Å². The van der Waals surface area contributed by atoms with Gasteiger partial charge in [0.05, 0.1) is 13.2 Å². The van der Waals surface area contributed by atoms with Gasteiger partial charge in [0.1, 0.15) is 0 Å². The Balaban J connectivity index is 1.96. The summed E-state index contributed by atoms with van der Waals surface area (Å²) in [6, 6.07) is 0. The van der Waals surface area contributed by atoms with Gasteiger partial charge < -0.3 is 9.47 Å². The van der Waals surface area contributed by atoms with Crippen molar-refractivity contribution in [3.8, 4) is 0 Å². The fourth-order valence-corrected chi connectivity index (χ4v) is 1.00. The standard InChI is InChI=1S/C8H14O3/c1-2-10-8(9)11-6-7-4-3-5-7/h7H,2-6H2,1H3. The second-order valence-electron chi connectivity index (χ2n) is 2.79. The number of ether oxygens (including phenoxy) is 2. The van der Waals surface area contributed by atoms with Crippen LogP contribution >= 0.6 is 0 Å². The van der Waals surface area contributed by atoms with Crippen LogP contribution in [0.4, 0.5) is 4.79 Å². The molecule has 0 aliphatic heterocycles. The zero-order valence-electron chi connectivity index (χ0n) is 6.84. The van der Waals surface area contributed by atoms with Crippen molar-refractivity contribution in [2.24, 2.45) is 5.92 Å². The summed E-state index contributed by atoms with van der Waals surface area (Å²) in [4.78, 5) is 10.6. The molecule has 0 aromatic carbocycles. The summed E-state index contributed by atoms with van der Waals surface area (Å²) in [6.45, 7) is 2.70. The Morgan fingerprint density at radius 2 is 2.18 bits per heavy atom. The maximum Gasteiger partial charge on any atom is 0.508 e. The third-order valence-corrected chi connectivity index (χ3v) is 1.92. The van der Waals surface area contributed by atoms with Crippen molar-refractivity contribution in [2.45, 2.75) is 26.2 Å². The van der Waals surface area contributed by atoms with Crippen LogP contribution in [-0.2, 0) is 9.47 Å². The Labute approximate surface area is 66.7 Å². The van der Waals surface area contributed by atoms with Gasteiger partial charge in [0.25, 0.3) is 0 Å². The van der Waals surface area contributed by atoms with E-state index in [1.165, 1.54) is 19.3 Å². The van der Waals surface area contributed by atoms with Gasteiger partial charge in [0, 0.05) is 0 Å². The number of carbonyl (C=O) groups excluding carboxylic acids is 1. The third kappa shape index (κ3) is 2.78. The maximum absolute atomic E-state index is 10.6. The Morgan fingerprint density at radius 3 is 2.64 bits per heavy atom. The summed E-state index contributed by atoms with van der Waals surface area (Å²) < 4.78 is 9.42. The molecule has 0 N–H and O–H groups in total. The molecule has 0 atom stereocenters. The van der Waals surface area contributed by atoms with Gasteiger partial charge in [0.15, 0.2) is 0 Å². The second-order valence-corrected chi connectivity index (χ2v) is 2.79. The van der Waals surface area contributed by atoms with Crippen LogP contribution in [0, 0.1) is 5.92 Å². The number of rotatable bonds is 3. The predicted molar refractivity (Wildman–Crippen MR) is 40.3 cm³/mol. The summed E-state index contributed by atoms with van der Waals surface area (Å²) in [6.07, 6.45) is 3.13. The molecule has 0 heterocycles. The van der Waals surface area contributed by atoms with E-state index in [9.17, 15) is 4.79 Å². The lowest BCUT2D eigenvalue weighted by Crippen LogP contribution is -2.20. The molecule has 11 heavy (non-hydrogen) atoms. The van der Waals surface area contributed by atoms with Crippen molar-refractivity contribution < 1.29 is 14.3 Å². The average Bonchev–Trinajstić information content (AvgIpc) is 1.85. The van der Waals surface area contributed by atoms with E-state index in [0.29, 0.717) is 19.1 Å². The smallest absolute Gasteiger partial charge is 0.435 e. The van der Waals surface area contributed by atoms with Crippen LogP contribution in [0.15, 0.2) is 0 Å². The van der Waals surface area contributed by atoms with Crippen molar-refractivity contribution in [3.63, 3.8) is 0 Å². The normalized spacial score (nSPS) is 17.2. The van der Waals surface area contributed by atoms with E-state index in [2.05, 4.69) is 4.74 Å². The van der Waals surface area contributed by atoms with Crippen LogP contribution in [0.2, 0.25) is 0 Å². The van der Waals surface area contributed by atoms with E-state index >= 15 is 0 Å². The molecule has 1 saturated carbocycles. The molecule has 3 nitrogen and oxygen atoms in total. The summed E-state index contributed by atoms with van der Waals surface area (Å²) in [5.74, 6) is 0.597. The van der Waals surface area contributed by atoms with Crippen LogP contribution in [0.25, 0.3) is 0 Å².